The SMILES string of the molecule is Cc1nn(-c2ccccc2)c(C)c1CC(=O)N1CCCC[C@H]1C(=O)O. The number of piperidine rings is 1. The van der Waals surface area contributed by atoms with Crippen LogP contribution in [0.4, 0.5) is 0 Å². The molecule has 0 bridgehead atoms. The van der Waals surface area contributed by atoms with Gasteiger partial charge in [-0.25, -0.2) is 9.48 Å². The van der Waals surface area contributed by atoms with Crippen LogP contribution in [0.3, 0.4) is 0 Å². The minimum absolute atomic E-state index is 0.133. The molecule has 6 nitrogen and oxygen atoms in total. The van der Waals surface area contributed by atoms with Gasteiger partial charge in [0.15, 0.2) is 0 Å². The molecule has 1 aliphatic rings. The van der Waals surface area contributed by atoms with Crippen LogP contribution in [0, 0.1) is 13.8 Å². The van der Waals surface area contributed by atoms with Crippen molar-refractivity contribution >= 4 is 11.9 Å². The van der Waals surface area contributed by atoms with E-state index < -0.39 is 12.0 Å². The van der Waals surface area contributed by atoms with Crippen LogP contribution < -0.4 is 0 Å². The normalized spacial score (nSPS) is 17.5. The first-order valence-corrected chi connectivity index (χ1v) is 8.62. The van der Waals surface area contributed by atoms with Gasteiger partial charge in [0.2, 0.25) is 5.91 Å². The summed E-state index contributed by atoms with van der Waals surface area (Å²) in [4.78, 5) is 25.7. The van der Waals surface area contributed by atoms with Gasteiger partial charge in [0, 0.05) is 17.8 Å². The number of carboxylic acid groups (broad SMARTS) is 1. The molecule has 1 atom stereocenters. The molecule has 0 aliphatic carbocycles. The molecule has 2 aromatic rings. The van der Waals surface area contributed by atoms with Gasteiger partial charge >= 0.3 is 5.97 Å². The Balaban J connectivity index is 1.84. The van der Waals surface area contributed by atoms with Crippen LogP contribution in [0.2, 0.25) is 0 Å². The van der Waals surface area contributed by atoms with E-state index in [1.54, 1.807) is 0 Å². The van der Waals surface area contributed by atoms with Crippen LogP contribution in [0.5, 0.6) is 0 Å². The predicted octanol–water partition coefficient (Wildman–Crippen LogP) is 2.50. The Hall–Kier alpha value is -2.63. The average molecular weight is 341 g/mol. The van der Waals surface area contributed by atoms with Gasteiger partial charge in [-0.05, 0) is 45.2 Å². The van der Waals surface area contributed by atoms with Crippen molar-refractivity contribution in [2.24, 2.45) is 0 Å². The summed E-state index contributed by atoms with van der Waals surface area (Å²) in [6, 6.07) is 9.07. The Bertz CT molecular complexity index is 783. The maximum Gasteiger partial charge on any atom is 0.326 e. The number of hydrogen-bond donors (Lipinski definition) is 1. The molecule has 0 saturated carbocycles. The lowest BCUT2D eigenvalue weighted by molar-refractivity contribution is -0.151. The molecule has 3 rings (SSSR count). The Morgan fingerprint density at radius 2 is 1.92 bits per heavy atom. The number of carbonyl (C=O) groups is 2. The molecular formula is C19H23N3O3. The zero-order valence-electron chi connectivity index (χ0n) is 14.6. The maximum absolute atomic E-state index is 12.8. The molecule has 1 N–H and O–H groups in total. The van der Waals surface area contributed by atoms with Gasteiger partial charge in [-0.3, -0.25) is 4.79 Å². The van der Waals surface area contributed by atoms with Crippen LogP contribution in [0.15, 0.2) is 30.3 Å². The largest absolute Gasteiger partial charge is 0.480 e. The zero-order valence-corrected chi connectivity index (χ0v) is 14.6. The number of carboxylic acids is 1. The van der Waals surface area contributed by atoms with Gasteiger partial charge in [0.05, 0.1) is 17.8 Å². The predicted molar refractivity (Wildman–Crippen MR) is 93.7 cm³/mol. The molecular weight excluding hydrogens is 318 g/mol. The van der Waals surface area contributed by atoms with Gasteiger partial charge < -0.3 is 10.0 Å². The summed E-state index contributed by atoms with van der Waals surface area (Å²) in [5.74, 6) is -1.05. The molecule has 1 amide bonds. The van der Waals surface area contributed by atoms with E-state index in [1.165, 1.54) is 4.90 Å². The highest BCUT2D eigenvalue weighted by Gasteiger charge is 2.32. The van der Waals surface area contributed by atoms with Crippen molar-refractivity contribution < 1.29 is 14.7 Å². The molecule has 25 heavy (non-hydrogen) atoms. The summed E-state index contributed by atoms with van der Waals surface area (Å²) in [5.41, 5.74) is 3.55. The number of aryl methyl sites for hydroxylation is 1. The number of amides is 1. The Labute approximate surface area is 147 Å². The van der Waals surface area contributed by atoms with Gasteiger partial charge in [0.25, 0.3) is 0 Å². The quantitative estimate of drug-likeness (QED) is 0.927. The highest BCUT2D eigenvalue weighted by Crippen LogP contribution is 2.22. The highest BCUT2D eigenvalue weighted by molar-refractivity contribution is 5.85. The first-order chi connectivity index (χ1) is 12.0. The number of hydrogen-bond acceptors (Lipinski definition) is 3. The fraction of sp³-hybridized carbons (Fsp3) is 0.421. The van der Waals surface area contributed by atoms with Crippen molar-refractivity contribution in [3.05, 3.63) is 47.3 Å². The van der Waals surface area contributed by atoms with E-state index in [-0.39, 0.29) is 12.3 Å². The molecule has 1 aromatic heterocycles. The standard InChI is InChI=1S/C19H23N3O3/c1-13-16(14(2)22(20-13)15-8-4-3-5-9-15)12-18(23)21-11-7-6-10-17(21)19(24)25/h3-5,8-9,17H,6-7,10-12H2,1-2H3,(H,24,25)/t17-/m0/s1. The summed E-state index contributed by atoms with van der Waals surface area (Å²) >= 11 is 0. The Kier molecular flexibility index (Phi) is 4.88. The Morgan fingerprint density at radius 1 is 1.20 bits per heavy atom. The lowest BCUT2D eigenvalue weighted by Gasteiger charge is -2.33. The molecule has 6 heteroatoms. The van der Waals surface area contributed by atoms with Crippen LogP contribution in [-0.4, -0.2) is 44.3 Å². The number of rotatable bonds is 4. The highest BCUT2D eigenvalue weighted by atomic mass is 16.4. The number of aliphatic carboxylic acids is 1. The number of likely N-dealkylation sites (tertiary alicyclic amines) is 1. The van der Waals surface area contributed by atoms with Gasteiger partial charge in [-0.15, -0.1) is 0 Å². The molecule has 0 unspecified atom stereocenters. The minimum atomic E-state index is -0.915. The van der Waals surface area contributed by atoms with Gasteiger partial charge in [0.1, 0.15) is 6.04 Å². The van der Waals surface area contributed by atoms with Crippen molar-refractivity contribution in [1.82, 2.24) is 14.7 Å². The third-order valence-corrected chi connectivity index (χ3v) is 4.88. The second-order valence-electron chi connectivity index (χ2n) is 6.51. The summed E-state index contributed by atoms with van der Waals surface area (Å²) in [6.45, 7) is 4.35. The molecule has 1 aliphatic heterocycles. The summed E-state index contributed by atoms with van der Waals surface area (Å²) in [7, 11) is 0. The van der Waals surface area contributed by atoms with Crippen LogP contribution >= 0.6 is 0 Å². The molecule has 2 heterocycles. The number of benzene rings is 1. The van der Waals surface area contributed by atoms with E-state index >= 15 is 0 Å². The van der Waals surface area contributed by atoms with Crippen molar-refractivity contribution in [1.29, 1.82) is 0 Å². The lowest BCUT2D eigenvalue weighted by atomic mass is 10.0. The maximum atomic E-state index is 12.8. The van der Waals surface area contributed by atoms with E-state index in [2.05, 4.69) is 5.10 Å². The van der Waals surface area contributed by atoms with Crippen molar-refractivity contribution in [2.75, 3.05) is 6.54 Å². The van der Waals surface area contributed by atoms with Gasteiger partial charge in [-0.1, -0.05) is 18.2 Å². The van der Waals surface area contributed by atoms with Crippen LogP contribution in [-0.2, 0) is 16.0 Å². The average Bonchev–Trinajstić information content (AvgIpc) is 2.90. The van der Waals surface area contributed by atoms with E-state index in [0.717, 1.165) is 35.5 Å². The fourth-order valence-electron chi connectivity index (χ4n) is 3.49. The van der Waals surface area contributed by atoms with Crippen molar-refractivity contribution in [2.45, 2.75) is 45.6 Å². The fourth-order valence-corrected chi connectivity index (χ4v) is 3.49. The van der Waals surface area contributed by atoms with Crippen molar-refractivity contribution in [3.8, 4) is 5.69 Å². The van der Waals surface area contributed by atoms with E-state index in [1.807, 2.05) is 48.9 Å². The molecule has 1 fully saturated rings. The minimum Gasteiger partial charge on any atom is -0.480 e. The van der Waals surface area contributed by atoms with E-state index in [0.29, 0.717) is 13.0 Å². The first-order valence-electron chi connectivity index (χ1n) is 8.62. The summed E-state index contributed by atoms with van der Waals surface area (Å²) < 4.78 is 1.84. The smallest absolute Gasteiger partial charge is 0.326 e. The van der Waals surface area contributed by atoms with Crippen LogP contribution in [0.25, 0.3) is 5.69 Å². The third kappa shape index (κ3) is 3.43. The third-order valence-electron chi connectivity index (χ3n) is 4.88. The molecule has 132 valence electrons. The molecule has 1 aromatic carbocycles. The Morgan fingerprint density at radius 3 is 2.60 bits per heavy atom. The molecule has 0 spiro atoms. The number of aromatic nitrogens is 2. The molecule has 0 radical (unpaired) electrons. The van der Waals surface area contributed by atoms with E-state index in [4.69, 9.17) is 0 Å². The first kappa shape index (κ1) is 17.2. The number of carbonyl (C=O) groups excluding carboxylic acids is 1. The second-order valence-corrected chi connectivity index (χ2v) is 6.51. The van der Waals surface area contributed by atoms with E-state index in [9.17, 15) is 14.7 Å². The van der Waals surface area contributed by atoms with Gasteiger partial charge in [-0.2, -0.15) is 5.10 Å². The lowest BCUT2D eigenvalue weighted by Crippen LogP contribution is -2.48. The number of para-hydroxylation sites is 1. The number of nitrogens with zero attached hydrogens (tertiary/aromatic N) is 3. The molecule has 1 saturated heterocycles. The topological polar surface area (TPSA) is 75.4 Å². The monoisotopic (exact) mass is 341 g/mol. The van der Waals surface area contributed by atoms with Crippen molar-refractivity contribution in [3.63, 3.8) is 0 Å². The zero-order chi connectivity index (χ0) is 18.0. The van der Waals surface area contributed by atoms with Crippen LogP contribution in [0.1, 0.15) is 36.2 Å². The summed E-state index contributed by atoms with van der Waals surface area (Å²) in [5, 5.41) is 13.9. The summed E-state index contributed by atoms with van der Waals surface area (Å²) in [6.07, 6.45) is 2.43. The second kappa shape index (κ2) is 7.09.